The Kier molecular flexibility index (Phi) is 15.7. The fourth-order valence-corrected chi connectivity index (χ4v) is 26.4. The van der Waals surface area contributed by atoms with Crippen molar-refractivity contribution in [1.82, 2.24) is 55.6 Å². The van der Waals surface area contributed by atoms with Crippen molar-refractivity contribution in [2.45, 2.75) is 0 Å². The van der Waals surface area contributed by atoms with Crippen LogP contribution in [-0.2, 0) is 0 Å². The van der Waals surface area contributed by atoms with E-state index in [9.17, 15) is 0 Å². The number of benzene rings is 21. The van der Waals surface area contributed by atoms with E-state index < -0.39 is 0 Å². The van der Waals surface area contributed by atoms with E-state index in [0.29, 0.717) is 0 Å². The lowest BCUT2D eigenvalue weighted by Crippen LogP contribution is -1.98. The Morgan fingerprint density at radius 1 is 0.143 bits per heavy atom. The van der Waals surface area contributed by atoms with Crippen LogP contribution in [0.4, 0.5) is 0 Å². The normalized spacial score (nSPS) is 12.5. The Morgan fingerprint density at radius 2 is 0.469 bits per heavy atom. The Labute approximate surface area is 835 Å². The van der Waals surface area contributed by atoms with Crippen molar-refractivity contribution < 1.29 is 0 Å². The lowest BCUT2D eigenvalue weighted by Gasteiger charge is -2.11. The first-order valence-corrected chi connectivity index (χ1v) is 50.4. The molecule has 0 spiro atoms. The van der Waals surface area contributed by atoms with Gasteiger partial charge < -0.3 is 31.5 Å². The smallest absolute Gasteiger partial charge is 0.145 e. The molecule has 36 aromatic rings. The zero-order chi connectivity index (χ0) is 95.4. The van der Waals surface area contributed by atoms with Crippen molar-refractivity contribution in [3.05, 3.63) is 474 Å². The Balaban J connectivity index is 0.0000000945. The second kappa shape index (κ2) is 29.4. The average Bonchev–Trinajstić information content (AvgIpc) is 1.52. The molecule has 0 unspecified atom stereocenters. The summed E-state index contributed by atoms with van der Waals surface area (Å²) >= 11 is 0. The first kappa shape index (κ1) is 78.8. The highest BCUT2D eigenvalue weighted by molar-refractivity contribution is 6.40. The van der Waals surface area contributed by atoms with Crippen molar-refractivity contribution in [2.24, 2.45) is 0 Å². The molecule has 0 aliphatic rings. The topological polar surface area (TPSA) is 81.5 Å². The molecule has 0 amide bonds. The summed E-state index contributed by atoms with van der Waals surface area (Å²) in [6.45, 7) is 0. The van der Waals surface area contributed by atoms with Crippen LogP contribution in [0.2, 0.25) is 0 Å². The molecule has 12 nitrogen and oxygen atoms in total. The molecular weight excluding hydrogens is 1790 g/mol. The molecule has 0 bridgehead atoms. The van der Waals surface area contributed by atoms with Gasteiger partial charge in [0.15, 0.2) is 0 Å². The van der Waals surface area contributed by atoms with Gasteiger partial charge in [-0.25, -0.2) is 9.97 Å². The molecule has 21 aromatic carbocycles. The number of para-hydroxylation sites is 10. The first-order valence-electron chi connectivity index (χ1n) is 50.4. The maximum absolute atomic E-state index is 5.25. The third-order valence-corrected chi connectivity index (χ3v) is 32.3. The van der Waals surface area contributed by atoms with E-state index >= 15 is 0 Å². The Morgan fingerprint density at radius 3 is 0.932 bits per heavy atom. The molecule has 12 heteroatoms. The minimum absolute atomic E-state index is 0.918. The van der Waals surface area contributed by atoms with Gasteiger partial charge >= 0.3 is 0 Å². The van der Waals surface area contributed by atoms with Crippen molar-refractivity contribution in [3.63, 3.8) is 0 Å². The molecule has 0 aliphatic heterocycles. The second-order valence-corrected chi connectivity index (χ2v) is 39.7. The zero-order valence-corrected chi connectivity index (χ0v) is 78.9. The maximum Gasteiger partial charge on any atom is 0.145 e. The molecule has 0 radical (unpaired) electrons. The average molecular weight is 1870 g/mol. The number of fused-ring (bicyclic) bond motifs is 42. The number of nitrogens with zero attached hydrogens (tertiary/aromatic N) is 12. The van der Waals surface area contributed by atoms with Crippen LogP contribution < -0.4 is 0 Å². The summed E-state index contributed by atoms with van der Waals surface area (Å²) < 4.78 is 21.8. The van der Waals surface area contributed by atoms with Gasteiger partial charge in [-0.15, -0.1) is 0 Å². The Hall–Kier alpha value is -20.0. The quantitative estimate of drug-likeness (QED) is 0.166. The van der Waals surface area contributed by atoms with Gasteiger partial charge in [-0.3, -0.25) is 14.1 Å². The van der Waals surface area contributed by atoms with Gasteiger partial charge in [-0.05, 0) is 220 Å². The fraction of sp³-hybridized carbons (Fsp3) is 0. The molecular formula is C135H78N12. The van der Waals surface area contributed by atoms with Gasteiger partial charge in [0.05, 0.1) is 123 Å². The summed E-state index contributed by atoms with van der Waals surface area (Å²) in [6, 6.07) is 164. The lowest BCUT2D eigenvalue weighted by atomic mass is 10.0. The molecule has 15 aromatic heterocycles. The third kappa shape index (κ3) is 10.6. The SMILES string of the molecule is c1ccc(-n2c3cc(-n4c5ccccc5c5c6c7cc8ccccc8cc7n7c8ccccc8c(cc54)c67)ccc3c3cccnc32)cc1.c1ccc(-n2c3ccc(-n4c5ccccc5c5c6c7cc8ccccc8cc7n7c8ccccc8c(cc54)c67)cc3c3ccncc32)cc1.c1ccc(-n2c3ccccc3c3cc(-n4c5ccccc5c5c6c7cc8ccccc8cc7n7c8ccccc8c(cc54)c67)ncc32)cc1. The summed E-state index contributed by atoms with van der Waals surface area (Å²) in [5.74, 6) is 0.918. The molecule has 0 N–H and O–H groups in total. The van der Waals surface area contributed by atoms with Crippen LogP contribution in [0.1, 0.15) is 0 Å². The summed E-state index contributed by atoms with van der Waals surface area (Å²) in [5.41, 5.74) is 30.9. The van der Waals surface area contributed by atoms with Crippen LogP contribution in [-0.4, -0.2) is 55.6 Å². The minimum Gasteiger partial charge on any atom is -0.309 e. The van der Waals surface area contributed by atoms with Crippen LogP contribution in [0, 0.1) is 0 Å². The Bertz CT molecular complexity index is 11600. The number of hydrogen-bond acceptors (Lipinski definition) is 3. The summed E-state index contributed by atoms with van der Waals surface area (Å²) in [7, 11) is 0. The molecule has 147 heavy (non-hydrogen) atoms. The monoisotopic (exact) mass is 1870 g/mol. The standard InChI is InChI=1S/3C45H26N4/c1-2-14-29(15-3-1)47-36-19-9-6-16-30(36)33-25-42(46-26-41(33)47)48-38-21-11-8-18-32(38)43-40(48)24-34-31-17-7-10-20-37(31)49-39-23-28-13-5-4-12-27(28)22-35(39)44(43)45(34)49;1-2-13-29(14-3-1)48-40-25-30(20-21-32(40)33-17-10-22-46-45(33)48)47-38-19-9-7-16-34(38)42-41(47)26-35-31-15-6-8-18-37(31)49-39-24-28-12-5-4-11-27(28)23-36(39)43(42)44(35)49;1-2-12-29(13-3-1)47-39-19-18-30(24-34(39)32-20-21-46-26-42(32)47)48-38-17-9-7-15-33(38)43-41(48)25-35-31-14-6-8-16-37(31)49-40-23-28-11-5-4-10-27(28)22-36(40)44(43)45(35)49/h3*1-26H. The van der Waals surface area contributed by atoms with E-state index in [4.69, 9.17) is 9.97 Å². The molecule has 0 atom stereocenters. The van der Waals surface area contributed by atoms with Crippen molar-refractivity contribution >= 4 is 278 Å². The van der Waals surface area contributed by atoms with Gasteiger partial charge in [0.25, 0.3) is 0 Å². The van der Waals surface area contributed by atoms with Crippen molar-refractivity contribution in [2.75, 3.05) is 0 Å². The second-order valence-electron chi connectivity index (χ2n) is 39.7. The highest BCUT2D eigenvalue weighted by atomic mass is 15.1. The number of aromatic nitrogens is 12. The van der Waals surface area contributed by atoms with Crippen LogP contribution in [0.5, 0.6) is 0 Å². The highest BCUT2D eigenvalue weighted by Crippen LogP contribution is 2.54. The number of hydrogen-bond donors (Lipinski definition) is 0. The summed E-state index contributed by atoms with van der Waals surface area (Å²) in [4.78, 5) is 14.7. The van der Waals surface area contributed by atoms with E-state index in [1.807, 2.05) is 24.7 Å². The highest BCUT2D eigenvalue weighted by Gasteiger charge is 2.32. The predicted molar refractivity (Wildman–Crippen MR) is 615 cm³/mol. The maximum atomic E-state index is 5.25. The molecule has 0 aliphatic carbocycles. The lowest BCUT2D eigenvalue weighted by molar-refractivity contribution is 1.08. The zero-order valence-electron chi connectivity index (χ0n) is 78.9. The molecule has 0 fully saturated rings. The molecule has 678 valence electrons. The van der Waals surface area contributed by atoms with E-state index in [0.717, 1.165) is 67.4 Å². The van der Waals surface area contributed by atoms with Crippen LogP contribution in [0.25, 0.3) is 312 Å². The molecule has 0 saturated heterocycles. The van der Waals surface area contributed by atoms with Crippen LogP contribution >= 0.6 is 0 Å². The van der Waals surface area contributed by atoms with Crippen LogP contribution in [0.15, 0.2) is 474 Å². The van der Waals surface area contributed by atoms with Gasteiger partial charge in [0.2, 0.25) is 0 Å². The first-order chi connectivity index (χ1) is 73.0. The van der Waals surface area contributed by atoms with Gasteiger partial charge in [0.1, 0.15) is 11.5 Å². The predicted octanol–water partition coefficient (Wildman–Crippen LogP) is 34.7. The minimum atomic E-state index is 0.918. The summed E-state index contributed by atoms with van der Waals surface area (Å²) in [5, 5.41) is 37.9. The van der Waals surface area contributed by atoms with Gasteiger partial charge in [-0.1, -0.05) is 261 Å². The van der Waals surface area contributed by atoms with E-state index in [2.05, 4.69) is 495 Å². The third-order valence-electron chi connectivity index (χ3n) is 32.3. The molecule has 36 rings (SSSR count). The summed E-state index contributed by atoms with van der Waals surface area (Å²) in [6.07, 6.45) is 7.83. The van der Waals surface area contributed by atoms with Gasteiger partial charge in [0, 0.05) is 170 Å². The number of pyridine rings is 3. The van der Waals surface area contributed by atoms with E-state index in [1.165, 1.54) is 244 Å². The fourth-order valence-electron chi connectivity index (χ4n) is 26.4. The van der Waals surface area contributed by atoms with E-state index in [-0.39, 0.29) is 0 Å². The molecule has 15 heterocycles. The van der Waals surface area contributed by atoms with Crippen molar-refractivity contribution in [1.29, 1.82) is 0 Å². The van der Waals surface area contributed by atoms with Crippen molar-refractivity contribution in [3.8, 4) is 34.3 Å². The largest absolute Gasteiger partial charge is 0.309 e. The van der Waals surface area contributed by atoms with Gasteiger partial charge in [-0.2, -0.15) is 0 Å². The molecule has 0 saturated carbocycles. The van der Waals surface area contributed by atoms with Crippen LogP contribution in [0.3, 0.4) is 0 Å². The van der Waals surface area contributed by atoms with E-state index in [1.54, 1.807) is 0 Å². The number of rotatable bonds is 6.